The highest BCUT2D eigenvalue weighted by molar-refractivity contribution is 14.0. The Morgan fingerprint density at radius 2 is 2.16 bits per heavy atom. The predicted molar refractivity (Wildman–Crippen MR) is 132 cm³/mol. The number of ether oxygens (including phenoxy) is 1. The minimum absolute atomic E-state index is 0. The van der Waals surface area contributed by atoms with Gasteiger partial charge in [0.05, 0.1) is 36.8 Å². The van der Waals surface area contributed by atoms with E-state index in [9.17, 15) is 10.1 Å². The van der Waals surface area contributed by atoms with Crippen molar-refractivity contribution >= 4 is 35.6 Å². The van der Waals surface area contributed by atoms with Gasteiger partial charge < -0.3 is 15.0 Å². The lowest BCUT2D eigenvalue weighted by Gasteiger charge is -2.36. The van der Waals surface area contributed by atoms with Crippen LogP contribution in [0.4, 0.5) is 5.69 Å². The van der Waals surface area contributed by atoms with Crippen LogP contribution in [0.2, 0.25) is 0 Å². The van der Waals surface area contributed by atoms with Crippen molar-refractivity contribution in [3.8, 4) is 0 Å². The average Bonchev–Trinajstić information content (AvgIpc) is 3.42. The highest BCUT2D eigenvalue weighted by Gasteiger charge is 2.41. The van der Waals surface area contributed by atoms with E-state index >= 15 is 0 Å². The number of rotatable bonds is 7. The van der Waals surface area contributed by atoms with Crippen LogP contribution in [0.25, 0.3) is 0 Å². The van der Waals surface area contributed by atoms with Gasteiger partial charge in [0, 0.05) is 32.7 Å². The van der Waals surface area contributed by atoms with Gasteiger partial charge in [-0.05, 0) is 12.5 Å². The number of fused-ring (bicyclic) bond motifs is 1. The van der Waals surface area contributed by atoms with E-state index in [-0.39, 0.29) is 35.8 Å². The number of morpholine rings is 1. The van der Waals surface area contributed by atoms with Gasteiger partial charge in [0.25, 0.3) is 0 Å². The molecule has 11 heteroatoms. The Balaban J connectivity index is 0.00000289. The number of likely N-dealkylation sites (tertiary alicyclic amines) is 1. The third kappa shape index (κ3) is 5.95. The van der Waals surface area contributed by atoms with Gasteiger partial charge in [0.1, 0.15) is 12.4 Å². The molecule has 4 rings (SSSR count). The molecule has 1 aromatic heterocycles. The Labute approximate surface area is 204 Å². The zero-order chi connectivity index (χ0) is 21.6. The summed E-state index contributed by atoms with van der Waals surface area (Å²) < 4.78 is 7.64. The first-order valence-corrected chi connectivity index (χ1v) is 10.7. The number of nitro groups is 1. The summed E-state index contributed by atoms with van der Waals surface area (Å²) in [6.07, 6.45) is 2.86. The second-order valence-corrected chi connectivity index (χ2v) is 7.79. The Morgan fingerprint density at radius 1 is 1.34 bits per heavy atom. The van der Waals surface area contributed by atoms with Gasteiger partial charge in [-0.25, -0.2) is 0 Å². The van der Waals surface area contributed by atoms with Gasteiger partial charge in [0.15, 0.2) is 5.96 Å². The zero-order valence-electron chi connectivity index (χ0n) is 18.2. The molecule has 2 fully saturated rings. The molecule has 3 heterocycles. The van der Waals surface area contributed by atoms with Crippen LogP contribution in [0.15, 0.2) is 47.7 Å². The Morgan fingerprint density at radius 3 is 2.88 bits per heavy atom. The topological polar surface area (TPSA) is 101 Å². The van der Waals surface area contributed by atoms with Gasteiger partial charge in [-0.1, -0.05) is 30.3 Å². The van der Waals surface area contributed by atoms with Gasteiger partial charge in [-0.2, -0.15) is 5.10 Å². The molecule has 0 amide bonds. The van der Waals surface area contributed by atoms with E-state index in [0.29, 0.717) is 19.1 Å². The first kappa shape index (κ1) is 24.4. The fraction of sp³-hybridized carbons (Fsp3) is 0.524. The largest absolute Gasteiger partial charge is 0.373 e. The summed E-state index contributed by atoms with van der Waals surface area (Å²) in [4.78, 5) is 19.9. The second-order valence-electron chi connectivity index (χ2n) is 7.79. The van der Waals surface area contributed by atoms with Crippen molar-refractivity contribution in [2.24, 2.45) is 4.99 Å². The number of hydrogen-bond acceptors (Lipinski definition) is 6. The lowest BCUT2D eigenvalue weighted by molar-refractivity contribution is -0.385. The standard InChI is InChI=1S/C21H29N7O3.HI/c1-2-22-21(23-8-9-27-14-18(12-24-27)28(29)30)26-15-19-20(16-26)31-11-10-25(19)13-17-6-4-3-5-7-17;/h3-7,12,14,19-20H,2,8-11,13,15-16H2,1H3,(H,22,23);1H. The van der Waals surface area contributed by atoms with Crippen molar-refractivity contribution < 1.29 is 9.66 Å². The molecule has 10 nitrogen and oxygen atoms in total. The van der Waals surface area contributed by atoms with Gasteiger partial charge in [-0.15, -0.1) is 24.0 Å². The Hall–Kier alpha value is -2.25. The minimum Gasteiger partial charge on any atom is -0.373 e. The molecule has 2 aliphatic heterocycles. The van der Waals surface area contributed by atoms with Crippen LogP contribution in [-0.4, -0.2) is 81.9 Å². The normalized spacial score (nSPS) is 21.2. The Bertz CT molecular complexity index is 908. The number of nitrogens with zero attached hydrogens (tertiary/aromatic N) is 6. The maximum atomic E-state index is 10.8. The second kappa shape index (κ2) is 11.6. The van der Waals surface area contributed by atoms with Gasteiger partial charge >= 0.3 is 5.69 Å². The molecular weight excluding hydrogens is 525 g/mol. The van der Waals surface area contributed by atoms with E-state index in [1.165, 1.54) is 18.0 Å². The molecule has 2 atom stereocenters. The highest BCUT2D eigenvalue weighted by atomic mass is 127. The molecule has 0 saturated carbocycles. The molecular formula is C21H30IN7O3. The lowest BCUT2D eigenvalue weighted by Crippen LogP contribution is -2.50. The van der Waals surface area contributed by atoms with Crippen LogP contribution < -0.4 is 5.32 Å². The molecule has 0 aliphatic carbocycles. The summed E-state index contributed by atoms with van der Waals surface area (Å²) in [7, 11) is 0. The van der Waals surface area contributed by atoms with E-state index in [4.69, 9.17) is 9.73 Å². The van der Waals surface area contributed by atoms with Crippen LogP contribution >= 0.6 is 24.0 Å². The number of aliphatic imine (C=N–C) groups is 1. The number of hydrogen-bond donors (Lipinski definition) is 1. The third-order valence-corrected chi connectivity index (χ3v) is 5.70. The maximum Gasteiger partial charge on any atom is 0.306 e. The molecule has 0 radical (unpaired) electrons. The van der Waals surface area contributed by atoms with Crippen LogP contribution in [0, 0.1) is 10.1 Å². The van der Waals surface area contributed by atoms with E-state index in [1.807, 2.05) is 13.0 Å². The van der Waals surface area contributed by atoms with E-state index in [1.54, 1.807) is 4.68 Å². The minimum atomic E-state index is -0.440. The van der Waals surface area contributed by atoms with Crippen LogP contribution in [0.3, 0.4) is 0 Å². The number of guanidine groups is 1. The van der Waals surface area contributed by atoms with Crippen LogP contribution in [-0.2, 0) is 17.8 Å². The fourth-order valence-electron chi connectivity index (χ4n) is 4.20. The SMILES string of the molecule is CCNC(=NCCn1cc([N+](=O)[O-])cn1)N1CC2OCCN(Cc3ccccc3)C2C1.I. The molecule has 2 aliphatic rings. The molecule has 0 spiro atoms. The molecule has 1 aromatic carbocycles. The monoisotopic (exact) mass is 555 g/mol. The summed E-state index contributed by atoms with van der Waals surface area (Å²) in [6.45, 7) is 8.04. The van der Waals surface area contributed by atoms with Crippen LogP contribution in [0.1, 0.15) is 12.5 Å². The molecule has 174 valence electrons. The van der Waals surface area contributed by atoms with Crippen molar-refractivity contribution in [3.05, 3.63) is 58.4 Å². The summed E-state index contributed by atoms with van der Waals surface area (Å²) in [5, 5.41) is 18.2. The van der Waals surface area contributed by atoms with Crippen molar-refractivity contribution in [1.82, 2.24) is 24.9 Å². The molecule has 2 aromatic rings. The van der Waals surface area contributed by atoms with Crippen molar-refractivity contribution in [3.63, 3.8) is 0 Å². The van der Waals surface area contributed by atoms with Crippen LogP contribution in [0.5, 0.6) is 0 Å². The third-order valence-electron chi connectivity index (χ3n) is 5.70. The maximum absolute atomic E-state index is 10.8. The van der Waals surface area contributed by atoms with Crippen molar-refractivity contribution in [2.45, 2.75) is 32.2 Å². The Kier molecular flexibility index (Phi) is 8.82. The van der Waals surface area contributed by atoms with Gasteiger partial charge in [-0.3, -0.25) is 24.7 Å². The number of nitrogens with one attached hydrogen (secondary N) is 1. The summed E-state index contributed by atoms with van der Waals surface area (Å²) in [6, 6.07) is 10.9. The van der Waals surface area contributed by atoms with Crippen molar-refractivity contribution in [1.29, 1.82) is 0 Å². The molecule has 1 N–H and O–H groups in total. The first-order chi connectivity index (χ1) is 15.1. The summed E-state index contributed by atoms with van der Waals surface area (Å²) in [5.41, 5.74) is 1.31. The van der Waals surface area contributed by atoms with E-state index < -0.39 is 4.92 Å². The number of aromatic nitrogens is 2. The predicted octanol–water partition coefficient (Wildman–Crippen LogP) is 1.96. The van der Waals surface area contributed by atoms with E-state index in [0.717, 1.165) is 45.3 Å². The van der Waals surface area contributed by atoms with Crippen molar-refractivity contribution in [2.75, 3.05) is 39.3 Å². The molecule has 32 heavy (non-hydrogen) atoms. The molecule has 2 saturated heterocycles. The summed E-state index contributed by atoms with van der Waals surface area (Å²) >= 11 is 0. The quantitative estimate of drug-likeness (QED) is 0.183. The smallest absolute Gasteiger partial charge is 0.306 e. The number of halogens is 1. The molecule has 2 unspecified atom stereocenters. The fourth-order valence-corrected chi connectivity index (χ4v) is 4.20. The zero-order valence-corrected chi connectivity index (χ0v) is 20.5. The van der Waals surface area contributed by atoms with Gasteiger partial charge in [0.2, 0.25) is 0 Å². The summed E-state index contributed by atoms with van der Waals surface area (Å²) in [5.74, 6) is 0.849. The first-order valence-electron chi connectivity index (χ1n) is 10.7. The van der Waals surface area contributed by atoms with E-state index in [2.05, 4.69) is 44.5 Å². The molecule has 0 bridgehead atoms. The highest BCUT2D eigenvalue weighted by Crippen LogP contribution is 2.24. The lowest BCUT2D eigenvalue weighted by atomic mass is 10.1. The number of benzene rings is 1. The average molecular weight is 555 g/mol.